The van der Waals surface area contributed by atoms with Gasteiger partial charge in [0.15, 0.2) is 0 Å². The molecule has 9 heavy (non-hydrogen) atoms. The second-order valence-corrected chi connectivity index (χ2v) is 1.57. The van der Waals surface area contributed by atoms with Crippen LogP contribution in [0.5, 0.6) is 0 Å². The number of carbonyl (C=O) groups is 1. The van der Waals surface area contributed by atoms with Crippen molar-refractivity contribution in [1.29, 1.82) is 0 Å². The van der Waals surface area contributed by atoms with E-state index in [4.69, 9.17) is 12.2 Å². The number of nitrogens with two attached hydrogens (primary N) is 1. The number of amides is 1. The third-order valence-electron chi connectivity index (χ3n) is 1.000. The predicted molar refractivity (Wildman–Crippen MR) is 35.4 cm³/mol. The Bertz CT molecular complexity index is 136. The molecule has 0 unspecified atom stereocenters. The lowest BCUT2D eigenvalue weighted by molar-refractivity contribution is -0.122. The molecule has 0 radical (unpaired) electrons. The molecule has 0 aromatic heterocycles. The van der Waals surface area contributed by atoms with Crippen molar-refractivity contribution in [2.24, 2.45) is 11.7 Å². The highest BCUT2D eigenvalue weighted by Crippen LogP contribution is 1.87. The van der Waals surface area contributed by atoms with Gasteiger partial charge >= 0.3 is 0 Å². The van der Waals surface area contributed by atoms with E-state index in [0.29, 0.717) is 0 Å². The van der Waals surface area contributed by atoms with Crippen LogP contribution in [0.4, 0.5) is 0 Å². The minimum absolute atomic E-state index is 0.194. The third-order valence-corrected chi connectivity index (χ3v) is 1.000. The van der Waals surface area contributed by atoms with Crippen molar-refractivity contribution in [2.45, 2.75) is 0 Å². The third kappa shape index (κ3) is 2.15. The molecule has 0 saturated carbocycles. The zero-order valence-corrected chi connectivity index (χ0v) is 5.35. The lowest BCUT2D eigenvalue weighted by atomic mass is 10.1. The molecule has 3 heteroatoms. The van der Waals surface area contributed by atoms with E-state index in [1.54, 1.807) is 0 Å². The van der Waals surface area contributed by atoms with Crippen LogP contribution in [0.25, 0.3) is 0 Å². The number of hydrogen-bond donors (Lipinski definition) is 2. The molecule has 0 rings (SSSR count). The topological polar surface area (TPSA) is 55.1 Å². The van der Waals surface area contributed by atoms with Gasteiger partial charge in [-0.15, -0.1) is 6.42 Å². The summed E-state index contributed by atoms with van der Waals surface area (Å²) in [5.74, 6) is 1.59. The Kier molecular flexibility index (Phi) is 3.49. The fraction of sp³-hybridized carbons (Fsp3) is 0.500. The van der Waals surface area contributed by atoms with Crippen molar-refractivity contribution in [3.05, 3.63) is 0 Å². The van der Waals surface area contributed by atoms with Gasteiger partial charge in [-0.25, -0.2) is 0 Å². The van der Waals surface area contributed by atoms with Gasteiger partial charge in [0.2, 0.25) is 5.91 Å². The van der Waals surface area contributed by atoms with E-state index in [2.05, 4.69) is 11.2 Å². The van der Waals surface area contributed by atoms with Crippen LogP contribution in [-0.2, 0) is 4.79 Å². The molecular formula is C6H10N2O. The van der Waals surface area contributed by atoms with Crippen molar-refractivity contribution in [2.75, 3.05) is 13.6 Å². The molecule has 0 aliphatic carbocycles. The lowest BCUT2D eigenvalue weighted by Gasteiger charge is -2.03. The Morgan fingerprint density at radius 1 is 2.00 bits per heavy atom. The summed E-state index contributed by atoms with van der Waals surface area (Å²) < 4.78 is 0. The van der Waals surface area contributed by atoms with E-state index in [-0.39, 0.29) is 12.5 Å². The standard InChI is InChI=1S/C6H10N2O/c1-3-5(4-7)6(9)8-2/h1,5H,4,7H2,2H3,(H,8,9)/t5-/m1/s1. The van der Waals surface area contributed by atoms with Gasteiger partial charge in [-0.1, -0.05) is 5.92 Å². The van der Waals surface area contributed by atoms with Crippen LogP contribution in [0.15, 0.2) is 0 Å². The largest absolute Gasteiger partial charge is 0.358 e. The summed E-state index contributed by atoms with van der Waals surface area (Å²) in [5, 5.41) is 2.41. The van der Waals surface area contributed by atoms with Crippen molar-refractivity contribution in [3.8, 4) is 12.3 Å². The maximum atomic E-state index is 10.6. The molecule has 0 bridgehead atoms. The lowest BCUT2D eigenvalue weighted by Crippen LogP contribution is -2.31. The molecule has 0 aliphatic rings. The zero-order chi connectivity index (χ0) is 7.28. The van der Waals surface area contributed by atoms with Crippen LogP contribution >= 0.6 is 0 Å². The predicted octanol–water partition coefficient (Wildman–Crippen LogP) is -1.06. The van der Waals surface area contributed by atoms with Gasteiger partial charge in [-0.05, 0) is 0 Å². The summed E-state index contributed by atoms with van der Waals surface area (Å²) in [7, 11) is 1.53. The molecule has 1 amide bonds. The monoisotopic (exact) mass is 126 g/mol. The van der Waals surface area contributed by atoms with Gasteiger partial charge in [0, 0.05) is 13.6 Å². The molecular weight excluding hydrogens is 116 g/mol. The van der Waals surface area contributed by atoms with Gasteiger partial charge in [0.05, 0.1) is 0 Å². The second-order valence-electron chi connectivity index (χ2n) is 1.57. The second kappa shape index (κ2) is 3.93. The summed E-state index contributed by atoms with van der Waals surface area (Å²) in [6.45, 7) is 0.205. The highest BCUT2D eigenvalue weighted by molar-refractivity contribution is 5.81. The maximum Gasteiger partial charge on any atom is 0.236 e. The molecule has 0 heterocycles. The first-order valence-corrected chi connectivity index (χ1v) is 2.64. The van der Waals surface area contributed by atoms with E-state index in [0.717, 1.165) is 0 Å². The van der Waals surface area contributed by atoms with Crippen LogP contribution in [0, 0.1) is 18.3 Å². The first-order valence-electron chi connectivity index (χ1n) is 2.64. The molecule has 0 fully saturated rings. The molecule has 3 nitrogen and oxygen atoms in total. The summed E-state index contributed by atoms with van der Waals surface area (Å²) in [5.41, 5.74) is 5.16. The summed E-state index contributed by atoms with van der Waals surface area (Å²) in [6, 6.07) is 0. The van der Waals surface area contributed by atoms with E-state index in [9.17, 15) is 4.79 Å². The van der Waals surface area contributed by atoms with Gasteiger partial charge in [0.1, 0.15) is 5.92 Å². The average molecular weight is 126 g/mol. The van der Waals surface area contributed by atoms with Crippen molar-refractivity contribution >= 4 is 5.91 Å². The van der Waals surface area contributed by atoms with Crippen molar-refractivity contribution < 1.29 is 4.79 Å². The highest BCUT2D eigenvalue weighted by atomic mass is 16.1. The SMILES string of the molecule is C#C[C@H](CN)C(=O)NC. The van der Waals surface area contributed by atoms with Crippen LogP contribution in [-0.4, -0.2) is 19.5 Å². The first kappa shape index (κ1) is 7.99. The Balaban J connectivity index is 3.84. The van der Waals surface area contributed by atoms with E-state index in [1.165, 1.54) is 7.05 Å². The zero-order valence-electron chi connectivity index (χ0n) is 5.35. The van der Waals surface area contributed by atoms with Crippen molar-refractivity contribution in [1.82, 2.24) is 5.32 Å². The van der Waals surface area contributed by atoms with Crippen LogP contribution in [0.1, 0.15) is 0 Å². The minimum atomic E-state index is -0.477. The van der Waals surface area contributed by atoms with Crippen molar-refractivity contribution in [3.63, 3.8) is 0 Å². The van der Waals surface area contributed by atoms with Gasteiger partial charge in [-0.2, -0.15) is 0 Å². The summed E-state index contributed by atoms with van der Waals surface area (Å²) >= 11 is 0. The van der Waals surface area contributed by atoms with Gasteiger partial charge < -0.3 is 11.1 Å². The fourth-order valence-electron chi connectivity index (χ4n) is 0.425. The van der Waals surface area contributed by atoms with Gasteiger partial charge in [-0.3, -0.25) is 4.79 Å². The summed E-state index contributed by atoms with van der Waals surface area (Å²) in [4.78, 5) is 10.6. The maximum absolute atomic E-state index is 10.6. The molecule has 1 atom stereocenters. The average Bonchev–Trinajstić information content (AvgIpc) is 1.90. The van der Waals surface area contributed by atoms with Crippen LogP contribution in [0.3, 0.4) is 0 Å². The normalized spacial score (nSPS) is 11.7. The highest BCUT2D eigenvalue weighted by Gasteiger charge is 2.09. The number of rotatable bonds is 2. The molecule has 0 aromatic carbocycles. The van der Waals surface area contributed by atoms with Gasteiger partial charge in [0.25, 0.3) is 0 Å². The summed E-state index contributed by atoms with van der Waals surface area (Å²) in [6.07, 6.45) is 4.97. The Hall–Kier alpha value is -1.01. The Labute approximate surface area is 54.6 Å². The fourth-order valence-corrected chi connectivity index (χ4v) is 0.425. The number of nitrogens with one attached hydrogen (secondary N) is 1. The van der Waals surface area contributed by atoms with E-state index >= 15 is 0 Å². The molecule has 50 valence electrons. The molecule has 3 N–H and O–H groups in total. The molecule has 0 spiro atoms. The molecule has 0 aromatic rings. The minimum Gasteiger partial charge on any atom is -0.358 e. The first-order chi connectivity index (χ1) is 4.26. The van der Waals surface area contributed by atoms with Crippen LogP contribution in [0.2, 0.25) is 0 Å². The van der Waals surface area contributed by atoms with Crippen LogP contribution < -0.4 is 11.1 Å². The Morgan fingerprint density at radius 3 is 2.67 bits per heavy atom. The molecule has 0 saturated heterocycles. The quantitative estimate of drug-likeness (QED) is 0.463. The number of hydrogen-bond acceptors (Lipinski definition) is 2. The van der Waals surface area contributed by atoms with E-state index in [1.807, 2.05) is 0 Å². The smallest absolute Gasteiger partial charge is 0.236 e. The molecule has 0 aliphatic heterocycles. The number of terminal acetylenes is 1. The van der Waals surface area contributed by atoms with E-state index < -0.39 is 5.92 Å². The number of carbonyl (C=O) groups excluding carboxylic acids is 1. The Morgan fingerprint density at radius 2 is 2.56 bits per heavy atom.